The van der Waals surface area contributed by atoms with E-state index in [1.165, 1.54) is 32.4 Å². The van der Waals surface area contributed by atoms with Crippen molar-refractivity contribution in [1.82, 2.24) is 4.98 Å². The fourth-order valence-electron chi connectivity index (χ4n) is 2.49. The highest BCUT2D eigenvalue weighted by molar-refractivity contribution is 5.98. The lowest BCUT2D eigenvalue weighted by atomic mass is 10.2. The number of amides is 1. The summed E-state index contributed by atoms with van der Waals surface area (Å²) in [5, 5.41) is 0. The molecule has 0 saturated carbocycles. The van der Waals surface area contributed by atoms with Crippen molar-refractivity contribution >= 4 is 22.7 Å². The summed E-state index contributed by atoms with van der Waals surface area (Å²) in [6.07, 6.45) is -4.96. The highest BCUT2D eigenvalue weighted by atomic mass is 19.4. The number of oxazole rings is 1. The smallest absolute Gasteiger partial charge is 0.471 e. The lowest BCUT2D eigenvalue weighted by Crippen LogP contribution is -2.38. The molecule has 1 amide bonds. The van der Waals surface area contributed by atoms with Crippen molar-refractivity contribution in [2.24, 2.45) is 0 Å². The number of benzene rings is 2. The van der Waals surface area contributed by atoms with Crippen LogP contribution in [0.5, 0.6) is 11.5 Å². The lowest BCUT2D eigenvalue weighted by Gasteiger charge is -2.18. The number of carbonyl (C=O) groups excluding carboxylic acids is 1. The number of aromatic nitrogens is 1. The van der Waals surface area contributed by atoms with E-state index in [2.05, 4.69) is 4.98 Å². The van der Waals surface area contributed by atoms with E-state index in [0.717, 1.165) is 7.05 Å². The van der Waals surface area contributed by atoms with Gasteiger partial charge >= 0.3 is 12.1 Å². The maximum atomic E-state index is 12.6. The summed E-state index contributed by atoms with van der Waals surface area (Å²) >= 11 is 0. The van der Waals surface area contributed by atoms with Gasteiger partial charge in [-0.15, -0.1) is 0 Å². The monoisotopic (exact) mass is 380 g/mol. The molecule has 3 rings (SSSR count). The summed E-state index contributed by atoms with van der Waals surface area (Å²) in [6.45, 7) is 0. The molecule has 6 nitrogen and oxygen atoms in total. The summed E-state index contributed by atoms with van der Waals surface area (Å²) in [5.41, 5.74) is 1.30. The van der Waals surface area contributed by atoms with Crippen molar-refractivity contribution in [3.8, 4) is 23.0 Å². The predicted octanol–water partition coefficient (Wildman–Crippen LogP) is 4.04. The van der Waals surface area contributed by atoms with Crippen molar-refractivity contribution in [3.05, 3.63) is 36.4 Å². The van der Waals surface area contributed by atoms with Gasteiger partial charge in [0.2, 0.25) is 5.89 Å². The highest BCUT2D eigenvalue weighted by Gasteiger charge is 2.41. The van der Waals surface area contributed by atoms with E-state index in [9.17, 15) is 18.0 Å². The van der Waals surface area contributed by atoms with Gasteiger partial charge in [-0.1, -0.05) is 0 Å². The number of fused-ring (bicyclic) bond motifs is 1. The molecule has 0 radical (unpaired) electrons. The maximum absolute atomic E-state index is 12.6. The Bertz CT molecular complexity index is 976. The molecular weight excluding hydrogens is 365 g/mol. The Morgan fingerprint density at radius 1 is 1.07 bits per heavy atom. The van der Waals surface area contributed by atoms with Gasteiger partial charge in [-0.2, -0.15) is 13.2 Å². The zero-order valence-electron chi connectivity index (χ0n) is 14.6. The number of alkyl halides is 3. The van der Waals surface area contributed by atoms with Gasteiger partial charge in [-0.25, -0.2) is 4.98 Å². The van der Waals surface area contributed by atoms with Crippen molar-refractivity contribution in [1.29, 1.82) is 0 Å². The first-order chi connectivity index (χ1) is 12.7. The molecule has 0 bridgehead atoms. The molecule has 0 fully saturated rings. The molecule has 27 heavy (non-hydrogen) atoms. The number of methoxy groups -OCH3 is 2. The Balaban J connectivity index is 2.01. The number of halogens is 3. The molecule has 3 aromatic rings. The molecule has 0 N–H and O–H groups in total. The molecule has 0 saturated heterocycles. The van der Waals surface area contributed by atoms with Crippen molar-refractivity contribution in [2.75, 3.05) is 26.2 Å². The fourth-order valence-corrected chi connectivity index (χ4v) is 2.49. The van der Waals surface area contributed by atoms with Gasteiger partial charge in [0, 0.05) is 24.4 Å². The fraction of sp³-hybridized carbons (Fsp3) is 0.222. The Hall–Kier alpha value is -3.23. The van der Waals surface area contributed by atoms with Crippen molar-refractivity contribution < 1.29 is 31.9 Å². The summed E-state index contributed by atoms with van der Waals surface area (Å²) in [7, 11) is 4.06. The number of hydrogen-bond acceptors (Lipinski definition) is 5. The third-order valence-electron chi connectivity index (χ3n) is 3.90. The number of nitrogens with zero attached hydrogens (tertiary/aromatic N) is 2. The van der Waals surface area contributed by atoms with Crippen LogP contribution >= 0.6 is 0 Å². The van der Waals surface area contributed by atoms with Crippen molar-refractivity contribution in [2.45, 2.75) is 6.18 Å². The van der Waals surface area contributed by atoms with E-state index in [1.807, 2.05) is 0 Å². The first kappa shape index (κ1) is 18.6. The number of carbonyl (C=O) groups is 1. The highest BCUT2D eigenvalue weighted by Crippen LogP contribution is 2.32. The molecule has 0 atom stereocenters. The minimum atomic E-state index is -4.96. The predicted molar refractivity (Wildman–Crippen MR) is 92.0 cm³/mol. The largest absolute Gasteiger partial charge is 0.497 e. The molecule has 2 aromatic carbocycles. The topological polar surface area (TPSA) is 64.8 Å². The first-order valence-electron chi connectivity index (χ1n) is 7.72. The lowest BCUT2D eigenvalue weighted by molar-refractivity contribution is -0.170. The number of rotatable bonds is 4. The van der Waals surface area contributed by atoms with Gasteiger partial charge in [-0.3, -0.25) is 4.79 Å². The van der Waals surface area contributed by atoms with Crippen LogP contribution in [0.2, 0.25) is 0 Å². The third-order valence-corrected chi connectivity index (χ3v) is 3.90. The second kappa shape index (κ2) is 6.82. The standard InChI is InChI=1S/C18H15F3N2O4/c1-23(17(24)18(19,20)21)11-4-5-15-14(8-11)22-16(27-15)10-6-12(25-2)9-13(7-10)26-3/h4-9H,1-3H3. The van der Waals surface area contributed by atoms with E-state index >= 15 is 0 Å². The van der Waals surface area contributed by atoms with Crippen LogP contribution in [-0.2, 0) is 4.79 Å². The normalized spacial score (nSPS) is 11.5. The molecule has 1 aromatic heterocycles. The molecular formula is C18H15F3N2O4. The van der Waals surface area contributed by atoms with Gasteiger partial charge in [0.1, 0.15) is 17.0 Å². The minimum Gasteiger partial charge on any atom is -0.497 e. The first-order valence-corrected chi connectivity index (χ1v) is 7.72. The second-order valence-corrected chi connectivity index (χ2v) is 5.63. The Morgan fingerprint density at radius 3 is 2.26 bits per heavy atom. The van der Waals surface area contributed by atoms with E-state index in [4.69, 9.17) is 13.9 Å². The zero-order chi connectivity index (χ0) is 19.8. The van der Waals surface area contributed by atoms with E-state index in [-0.39, 0.29) is 11.6 Å². The molecule has 0 aliphatic rings. The average molecular weight is 380 g/mol. The van der Waals surface area contributed by atoms with Gasteiger partial charge in [0.25, 0.3) is 0 Å². The Morgan fingerprint density at radius 2 is 1.70 bits per heavy atom. The van der Waals surface area contributed by atoms with Crippen LogP contribution in [0.25, 0.3) is 22.6 Å². The molecule has 0 spiro atoms. The summed E-state index contributed by atoms with van der Waals surface area (Å²) < 4.78 is 53.9. The summed E-state index contributed by atoms with van der Waals surface area (Å²) in [5.74, 6) is -0.669. The van der Waals surface area contributed by atoms with Gasteiger partial charge in [-0.05, 0) is 30.3 Å². The average Bonchev–Trinajstić information content (AvgIpc) is 3.08. The van der Waals surface area contributed by atoms with Gasteiger partial charge in [0.05, 0.1) is 14.2 Å². The molecule has 0 aliphatic carbocycles. The van der Waals surface area contributed by atoms with Crippen LogP contribution in [0.15, 0.2) is 40.8 Å². The summed E-state index contributed by atoms with van der Waals surface area (Å²) in [4.78, 5) is 16.2. The van der Waals surface area contributed by atoms with Crippen LogP contribution in [0, 0.1) is 0 Å². The van der Waals surface area contributed by atoms with E-state index < -0.39 is 12.1 Å². The van der Waals surface area contributed by atoms with Crippen LogP contribution < -0.4 is 14.4 Å². The van der Waals surface area contributed by atoms with Crippen LogP contribution in [0.1, 0.15) is 0 Å². The molecule has 0 unspecified atom stereocenters. The number of ether oxygens (including phenoxy) is 2. The van der Waals surface area contributed by atoms with Gasteiger partial charge < -0.3 is 18.8 Å². The van der Waals surface area contributed by atoms with E-state index in [1.54, 1.807) is 18.2 Å². The maximum Gasteiger partial charge on any atom is 0.471 e. The van der Waals surface area contributed by atoms with Gasteiger partial charge in [0.15, 0.2) is 5.58 Å². The van der Waals surface area contributed by atoms with Crippen molar-refractivity contribution in [3.63, 3.8) is 0 Å². The number of anilines is 1. The Labute approximate surface area is 152 Å². The summed E-state index contributed by atoms with van der Waals surface area (Å²) in [6, 6.07) is 9.22. The molecule has 1 heterocycles. The zero-order valence-corrected chi connectivity index (χ0v) is 14.6. The third kappa shape index (κ3) is 3.67. The van der Waals surface area contributed by atoms with Crippen LogP contribution in [0.4, 0.5) is 18.9 Å². The van der Waals surface area contributed by atoms with Crippen LogP contribution in [0.3, 0.4) is 0 Å². The minimum absolute atomic E-state index is 0.0490. The van der Waals surface area contributed by atoms with Crippen LogP contribution in [-0.4, -0.2) is 38.3 Å². The Kier molecular flexibility index (Phi) is 4.69. The number of hydrogen-bond donors (Lipinski definition) is 0. The molecule has 9 heteroatoms. The molecule has 142 valence electrons. The second-order valence-electron chi connectivity index (χ2n) is 5.63. The SMILES string of the molecule is COc1cc(OC)cc(-c2nc3cc(N(C)C(=O)C(F)(F)F)ccc3o2)c1. The van der Waals surface area contributed by atoms with E-state index in [0.29, 0.717) is 33.1 Å². The quantitative estimate of drug-likeness (QED) is 0.684. The molecule has 0 aliphatic heterocycles.